The number of carbonyl (C=O) groups excluding carboxylic acids is 1. The summed E-state index contributed by atoms with van der Waals surface area (Å²) in [6.07, 6.45) is 4.26. The molecule has 0 fully saturated rings. The van der Waals surface area contributed by atoms with Gasteiger partial charge in [-0.3, -0.25) is 4.98 Å². The molecular weight excluding hydrogens is 286 g/mol. The van der Waals surface area contributed by atoms with Crippen LogP contribution in [0.1, 0.15) is 37.5 Å². The van der Waals surface area contributed by atoms with E-state index in [1.54, 1.807) is 12.4 Å². The Balaban J connectivity index is 1.75. The summed E-state index contributed by atoms with van der Waals surface area (Å²) in [4.78, 5) is 18.3. The predicted octanol–water partition coefficient (Wildman–Crippen LogP) is 3.97. The van der Waals surface area contributed by atoms with Crippen LogP contribution >= 0.6 is 0 Å². The third-order valence-corrected chi connectivity index (χ3v) is 4.28. The molecular formula is C19H23N3O. The first-order valence-corrected chi connectivity index (χ1v) is 8.02. The summed E-state index contributed by atoms with van der Waals surface area (Å²) >= 11 is 0. The third-order valence-electron chi connectivity index (χ3n) is 4.28. The van der Waals surface area contributed by atoms with Crippen LogP contribution in [0.2, 0.25) is 0 Å². The maximum absolute atomic E-state index is 12.4. The summed E-state index contributed by atoms with van der Waals surface area (Å²) in [7, 11) is 0. The Morgan fingerprint density at radius 2 is 2.04 bits per heavy atom. The molecule has 1 aliphatic heterocycles. The lowest BCUT2D eigenvalue weighted by molar-refractivity contribution is 0.206. The first kappa shape index (κ1) is 15.5. The molecule has 2 aromatic rings. The number of pyridine rings is 1. The quantitative estimate of drug-likeness (QED) is 0.866. The van der Waals surface area contributed by atoms with E-state index in [0.717, 1.165) is 18.7 Å². The first-order valence-electron chi connectivity index (χ1n) is 8.02. The van der Waals surface area contributed by atoms with Crippen molar-refractivity contribution in [2.24, 2.45) is 0 Å². The number of amides is 2. The van der Waals surface area contributed by atoms with Gasteiger partial charge in [0.1, 0.15) is 0 Å². The highest BCUT2D eigenvalue weighted by molar-refractivity contribution is 5.89. The van der Waals surface area contributed by atoms with E-state index in [0.29, 0.717) is 6.54 Å². The van der Waals surface area contributed by atoms with Crippen LogP contribution in [0, 0.1) is 0 Å². The largest absolute Gasteiger partial charge is 0.322 e. The van der Waals surface area contributed by atoms with Crippen LogP contribution in [-0.4, -0.2) is 22.5 Å². The summed E-state index contributed by atoms with van der Waals surface area (Å²) in [5.74, 6) is 0. The monoisotopic (exact) mass is 309 g/mol. The molecule has 0 saturated carbocycles. The van der Waals surface area contributed by atoms with Gasteiger partial charge in [0.25, 0.3) is 0 Å². The average molecular weight is 309 g/mol. The number of fused-ring (bicyclic) bond motifs is 1. The Bertz CT molecular complexity index is 704. The van der Waals surface area contributed by atoms with Gasteiger partial charge in [-0.2, -0.15) is 0 Å². The second-order valence-corrected chi connectivity index (χ2v) is 7.08. The van der Waals surface area contributed by atoms with Crippen LogP contribution in [-0.2, 0) is 18.4 Å². The minimum absolute atomic E-state index is 0.0650. The summed E-state index contributed by atoms with van der Waals surface area (Å²) in [5.41, 5.74) is 4.76. The van der Waals surface area contributed by atoms with Gasteiger partial charge >= 0.3 is 6.03 Å². The van der Waals surface area contributed by atoms with Gasteiger partial charge in [0, 0.05) is 19.3 Å². The van der Waals surface area contributed by atoms with E-state index in [-0.39, 0.29) is 11.4 Å². The standard InChI is InChI=1S/C19H23N3O/c1-19(2,3)16-7-6-14-8-10-22(13-15(14)11-16)18(23)21-17-5-4-9-20-12-17/h4-7,9,11-12H,8,10,13H2,1-3H3,(H,21,23). The van der Waals surface area contributed by atoms with E-state index < -0.39 is 0 Å². The molecule has 0 spiro atoms. The Morgan fingerprint density at radius 1 is 1.22 bits per heavy atom. The van der Waals surface area contributed by atoms with Crippen LogP contribution in [0.15, 0.2) is 42.7 Å². The SMILES string of the molecule is CC(C)(C)c1ccc2c(c1)CN(C(=O)Nc1cccnc1)CC2. The fraction of sp³-hybridized carbons (Fsp3) is 0.368. The summed E-state index contributed by atoms with van der Waals surface area (Å²) < 4.78 is 0. The topological polar surface area (TPSA) is 45.2 Å². The zero-order chi connectivity index (χ0) is 16.4. The van der Waals surface area contributed by atoms with Crippen LogP contribution < -0.4 is 5.32 Å². The van der Waals surface area contributed by atoms with Crippen LogP contribution in [0.25, 0.3) is 0 Å². The maximum Gasteiger partial charge on any atom is 0.322 e. The van der Waals surface area contributed by atoms with Crippen molar-refractivity contribution >= 4 is 11.7 Å². The molecule has 3 rings (SSSR count). The molecule has 1 aromatic heterocycles. The molecule has 2 amide bonds. The van der Waals surface area contributed by atoms with Crippen LogP contribution in [0.3, 0.4) is 0 Å². The first-order chi connectivity index (χ1) is 10.9. The van der Waals surface area contributed by atoms with Crippen molar-refractivity contribution in [3.05, 3.63) is 59.4 Å². The normalized spacial score (nSPS) is 14.3. The summed E-state index contributed by atoms with van der Waals surface area (Å²) in [5, 5.41) is 2.91. The lowest BCUT2D eigenvalue weighted by Crippen LogP contribution is -2.39. The molecule has 120 valence electrons. The van der Waals surface area contributed by atoms with E-state index in [4.69, 9.17) is 0 Å². The van der Waals surface area contributed by atoms with Crippen molar-refractivity contribution in [1.29, 1.82) is 0 Å². The molecule has 1 aromatic carbocycles. The van der Waals surface area contributed by atoms with Crippen molar-refractivity contribution in [3.63, 3.8) is 0 Å². The van der Waals surface area contributed by atoms with Crippen molar-refractivity contribution in [2.45, 2.75) is 39.2 Å². The highest BCUT2D eigenvalue weighted by atomic mass is 16.2. The van der Waals surface area contributed by atoms with Gasteiger partial charge in [0.05, 0.1) is 11.9 Å². The van der Waals surface area contributed by atoms with Crippen molar-refractivity contribution in [3.8, 4) is 0 Å². The van der Waals surface area contributed by atoms with Crippen LogP contribution in [0.4, 0.5) is 10.5 Å². The fourth-order valence-corrected chi connectivity index (χ4v) is 2.84. The van der Waals surface area contributed by atoms with Gasteiger partial charge in [-0.1, -0.05) is 39.0 Å². The van der Waals surface area contributed by atoms with E-state index in [1.807, 2.05) is 17.0 Å². The minimum atomic E-state index is -0.0650. The highest BCUT2D eigenvalue weighted by Crippen LogP contribution is 2.27. The molecule has 0 saturated heterocycles. The third kappa shape index (κ3) is 3.52. The van der Waals surface area contributed by atoms with E-state index >= 15 is 0 Å². The summed E-state index contributed by atoms with van der Waals surface area (Å²) in [6, 6.07) is 10.3. The molecule has 2 heterocycles. The van der Waals surface area contributed by atoms with Crippen molar-refractivity contribution < 1.29 is 4.79 Å². The molecule has 0 atom stereocenters. The zero-order valence-corrected chi connectivity index (χ0v) is 14.0. The van der Waals surface area contributed by atoms with Crippen molar-refractivity contribution in [2.75, 3.05) is 11.9 Å². The second-order valence-electron chi connectivity index (χ2n) is 7.08. The van der Waals surface area contributed by atoms with Gasteiger partial charge in [-0.25, -0.2) is 4.79 Å². The number of carbonyl (C=O) groups is 1. The molecule has 4 nitrogen and oxygen atoms in total. The van der Waals surface area contributed by atoms with Gasteiger partial charge < -0.3 is 10.2 Å². The molecule has 1 aliphatic rings. The number of aromatic nitrogens is 1. The number of nitrogens with one attached hydrogen (secondary N) is 1. The Kier molecular flexibility index (Phi) is 4.07. The number of benzene rings is 1. The number of nitrogens with zero attached hydrogens (tertiary/aromatic N) is 2. The maximum atomic E-state index is 12.4. The molecule has 0 radical (unpaired) electrons. The van der Waals surface area contributed by atoms with Gasteiger partial charge in [0.15, 0.2) is 0 Å². The van der Waals surface area contributed by atoms with E-state index in [2.05, 4.69) is 49.3 Å². The molecule has 4 heteroatoms. The summed E-state index contributed by atoms with van der Waals surface area (Å²) in [6.45, 7) is 8.04. The average Bonchev–Trinajstić information content (AvgIpc) is 2.54. The Morgan fingerprint density at radius 3 is 2.74 bits per heavy atom. The molecule has 0 aliphatic carbocycles. The van der Waals surface area contributed by atoms with E-state index in [1.165, 1.54) is 16.7 Å². The Hall–Kier alpha value is -2.36. The van der Waals surface area contributed by atoms with Crippen LogP contribution in [0.5, 0.6) is 0 Å². The molecule has 23 heavy (non-hydrogen) atoms. The number of hydrogen-bond acceptors (Lipinski definition) is 2. The van der Waals surface area contributed by atoms with E-state index in [9.17, 15) is 4.79 Å². The number of hydrogen-bond donors (Lipinski definition) is 1. The zero-order valence-electron chi connectivity index (χ0n) is 14.0. The molecule has 0 unspecified atom stereocenters. The number of rotatable bonds is 1. The van der Waals surface area contributed by atoms with Gasteiger partial charge in [-0.05, 0) is 40.7 Å². The smallest absolute Gasteiger partial charge is 0.320 e. The highest BCUT2D eigenvalue weighted by Gasteiger charge is 2.23. The number of anilines is 1. The number of urea groups is 1. The molecule has 0 bridgehead atoms. The lowest BCUT2D eigenvalue weighted by Gasteiger charge is -2.30. The predicted molar refractivity (Wildman–Crippen MR) is 92.5 cm³/mol. The second kappa shape index (κ2) is 6.03. The molecule has 1 N–H and O–H groups in total. The Labute approximate surface area is 137 Å². The van der Waals surface area contributed by atoms with Gasteiger partial charge in [-0.15, -0.1) is 0 Å². The van der Waals surface area contributed by atoms with Gasteiger partial charge in [0.2, 0.25) is 0 Å². The van der Waals surface area contributed by atoms with Crippen molar-refractivity contribution in [1.82, 2.24) is 9.88 Å². The lowest BCUT2D eigenvalue weighted by atomic mass is 9.84. The minimum Gasteiger partial charge on any atom is -0.320 e. The fourth-order valence-electron chi connectivity index (χ4n) is 2.84.